The SMILES string of the molecule is O=CO.O[C@H]1CCN(Cc2cc(Br)ccc2OCc2ccc3nc[nH]c3c2)C1. The number of nitrogens with zero attached hydrogens (tertiary/aromatic N) is 2. The number of β-amino-alcohol motifs (C(OH)–C–C–N with tert-alkyl or cyclic N) is 1. The molecule has 0 aliphatic carbocycles. The number of carboxylic acid groups (broad SMARTS) is 1. The average Bonchev–Trinajstić information content (AvgIpc) is 3.30. The molecule has 0 amide bonds. The molecular formula is C20H22BrN3O4. The number of imidazole rings is 1. The Morgan fingerprint density at radius 2 is 2.14 bits per heavy atom. The van der Waals surface area contributed by atoms with Crippen LogP contribution in [0, 0.1) is 0 Å². The monoisotopic (exact) mass is 447 g/mol. The standard InChI is InChI=1S/C19H20BrN3O2.CH2O2/c20-15-2-4-19(14(8-15)9-23-6-5-16(24)10-23)25-11-13-1-3-17-18(7-13)22-12-21-17;2-1-3/h1-4,7-8,12,16,24H,5-6,9-11H2,(H,21,22);1H,(H,2,3)/t16-;/m0./s1. The lowest BCUT2D eigenvalue weighted by Gasteiger charge is -2.18. The van der Waals surface area contributed by atoms with Crippen LogP contribution < -0.4 is 4.74 Å². The zero-order valence-electron chi connectivity index (χ0n) is 15.2. The van der Waals surface area contributed by atoms with Crippen LogP contribution in [-0.2, 0) is 17.9 Å². The van der Waals surface area contributed by atoms with E-state index in [2.05, 4.69) is 42.9 Å². The molecule has 0 saturated carbocycles. The summed E-state index contributed by atoms with van der Waals surface area (Å²) < 4.78 is 7.13. The first-order valence-electron chi connectivity index (χ1n) is 8.90. The van der Waals surface area contributed by atoms with Crippen LogP contribution in [0.4, 0.5) is 0 Å². The molecule has 1 fully saturated rings. The molecule has 8 heteroatoms. The molecule has 0 radical (unpaired) electrons. The van der Waals surface area contributed by atoms with E-state index in [-0.39, 0.29) is 12.6 Å². The normalized spacial score (nSPS) is 16.6. The van der Waals surface area contributed by atoms with Gasteiger partial charge in [0.2, 0.25) is 0 Å². The number of carbonyl (C=O) groups is 1. The van der Waals surface area contributed by atoms with E-state index in [1.807, 2.05) is 24.3 Å². The van der Waals surface area contributed by atoms with Crippen LogP contribution in [0.25, 0.3) is 11.0 Å². The lowest BCUT2D eigenvalue weighted by Crippen LogP contribution is -2.21. The Bertz CT molecular complexity index is 931. The summed E-state index contributed by atoms with van der Waals surface area (Å²) in [5, 5.41) is 16.6. The third kappa shape index (κ3) is 5.31. The van der Waals surface area contributed by atoms with Gasteiger partial charge in [-0.15, -0.1) is 0 Å². The Balaban J connectivity index is 0.000000706. The Labute approximate surface area is 171 Å². The van der Waals surface area contributed by atoms with E-state index in [4.69, 9.17) is 14.6 Å². The van der Waals surface area contributed by atoms with Gasteiger partial charge in [-0.25, -0.2) is 4.98 Å². The smallest absolute Gasteiger partial charge is 0.290 e. The highest BCUT2D eigenvalue weighted by Crippen LogP contribution is 2.27. The van der Waals surface area contributed by atoms with Crippen LogP contribution >= 0.6 is 15.9 Å². The number of hydrogen-bond donors (Lipinski definition) is 3. The number of hydrogen-bond acceptors (Lipinski definition) is 5. The predicted molar refractivity (Wildman–Crippen MR) is 109 cm³/mol. The number of aliphatic hydroxyl groups excluding tert-OH is 1. The van der Waals surface area contributed by atoms with E-state index in [1.54, 1.807) is 6.33 Å². The van der Waals surface area contributed by atoms with Gasteiger partial charge in [-0.3, -0.25) is 9.69 Å². The van der Waals surface area contributed by atoms with Gasteiger partial charge in [-0.05, 0) is 42.3 Å². The molecule has 3 N–H and O–H groups in total. The maximum absolute atomic E-state index is 9.73. The van der Waals surface area contributed by atoms with Gasteiger partial charge in [0.05, 0.1) is 23.5 Å². The fourth-order valence-corrected chi connectivity index (χ4v) is 3.65. The minimum absolute atomic E-state index is 0.211. The summed E-state index contributed by atoms with van der Waals surface area (Å²) in [6.45, 7) is 2.68. The van der Waals surface area contributed by atoms with E-state index >= 15 is 0 Å². The van der Waals surface area contributed by atoms with Crippen molar-refractivity contribution < 1.29 is 19.7 Å². The maximum atomic E-state index is 9.73. The number of benzene rings is 2. The van der Waals surface area contributed by atoms with Crippen molar-refractivity contribution in [3.05, 3.63) is 58.3 Å². The second-order valence-electron chi connectivity index (χ2n) is 6.58. The van der Waals surface area contributed by atoms with Crippen LogP contribution in [-0.4, -0.2) is 50.7 Å². The van der Waals surface area contributed by atoms with Crippen molar-refractivity contribution >= 4 is 33.4 Å². The molecule has 0 unspecified atom stereocenters. The zero-order chi connectivity index (χ0) is 19.9. The second-order valence-corrected chi connectivity index (χ2v) is 7.49. The van der Waals surface area contributed by atoms with Gasteiger partial charge in [0.15, 0.2) is 0 Å². The first kappa shape index (κ1) is 20.3. The molecule has 0 spiro atoms. The minimum atomic E-state index is -0.250. The number of fused-ring (bicyclic) bond motifs is 1. The van der Waals surface area contributed by atoms with E-state index in [0.29, 0.717) is 6.61 Å². The molecule has 1 aliphatic rings. The van der Waals surface area contributed by atoms with Crippen LogP contribution in [0.5, 0.6) is 5.75 Å². The maximum Gasteiger partial charge on any atom is 0.290 e. The number of aromatic amines is 1. The van der Waals surface area contributed by atoms with Gasteiger partial charge in [-0.1, -0.05) is 22.0 Å². The number of H-pyrrole nitrogens is 1. The fourth-order valence-electron chi connectivity index (χ4n) is 3.24. The van der Waals surface area contributed by atoms with E-state index in [9.17, 15) is 5.11 Å². The summed E-state index contributed by atoms with van der Waals surface area (Å²) >= 11 is 3.54. The molecule has 2 heterocycles. The molecule has 28 heavy (non-hydrogen) atoms. The number of aliphatic hydroxyl groups is 1. The second kappa shape index (κ2) is 9.68. The lowest BCUT2D eigenvalue weighted by atomic mass is 10.2. The van der Waals surface area contributed by atoms with Crippen molar-refractivity contribution in [1.82, 2.24) is 14.9 Å². The molecule has 1 aromatic heterocycles. The molecule has 0 bridgehead atoms. The van der Waals surface area contributed by atoms with Crippen molar-refractivity contribution in [1.29, 1.82) is 0 Å². The van der Waals surface area contributed by atoms with Crippen LogP contribution in [0.2, 0.25) is 0 Å². The van der Waals surface area contributed by atoms with Crippen molar-refractivity contribution in [2.24, 2.45) is 0 Å². The summed E-state index contributed by atoms with van der Waals surface area (Å²) in [6, 6.07) is 12.2. The number of rotatable bonds is 5. The molecular weight excluding hydrogens is 426 g/mol. The summed E-state index contributed by atoms with van der Waals surface area (Å²) in [7, 11) is 0. The third-order valence-corrected chi connectivity index (χ3v) is 5.04. The van der Waals surface area contributed by atoms with E-state index < -0.39 is 0 Å². The summed E-state index contributed by atoms with van der Waals surface area (Å²) in [6.07, 6.45) is 2.33. The predicted octanol–water partition coefficient (Wildman–Crippen LogP) is 3.17. The molecule has 1 aliphatic heterocycles. The van der Waals surface area contributed by atoms with E-state index in [0.717, 1.165) is 58.4 Å². The first-order chi connectivity index (χ1) is 13.6. The molecule has 4 rings (SSSR count). The molecule has 148 valence electrons. The highest BCUT2D eigenvalue weighted by molar-refractivity contribution is 9.10. The summed E-state index contributed by atoms with van der Waals surface area (Å²) in [4.78, 5) is 18.0. The summed E-state index contributed by atoms with van der Waals surface area (Å²) in [5.41, 5.74) is 4.21. The molecule has 3 aromatic rings. The van der Waals surface area contributed by atoms with Crippen molar-refractivity contribution in [2.45, 2.75) is 25.7 Å². The van der Waals surface area contributed by atoms with Crippen LogP contribution in [0.3, 0.4) is 0 Å². The quantitative estimate of drug-likeness (QED) is 0.519. The fraction of sp³-hybridized carbons (Fsp3) is 0.300. The lowest BCUT2D eigenvalue weighted by molar-refractivity contribution is -0.122. The molecule has 1 atom stereocenters. The van der Waals surface area contributed by atoms with Gasteiger partial charge in [0.1, 0.15) is 12.4 Å². The van der Waals surface area contributed by atoms with Gasteiger partial charge < -0.3 is 19.9 Å². The Kier molecular flexibility index (Phi) is 7.02. The molecule has 7 nitrogen and oxygen atoms in total. The van der Waals surface area contributed by atoms with Crippen molar-refractivity contribution in [3.8, 4) is 5.75 Å². The first-order valence-corrected chi connectivity index (χ1v) is 9.70. The number of ether oxygens (including phenoxy) is 1. The summed E-state index contributed by atoms with van der Waals surface area (Å²) in [5.74, 6) is 0.884. The van der Waals surface area contributed by atoms with Gasteiger partial charge >= 0.3 is 0 Å². The topological polar surface area (TPSA) is 98.7 Å². The number of nitrogens with one attached hydrogen (secondary N) is 1. The van der Waals surface area contributed by atoms with Crippen molar-refractivity contribution in [2.75, 3.05) is 13.1 Å². The van der Waals surface area contributed by atoms with E-state index in [1.165, 1.54) is 0 Å². The van der Waals surface area contributed by atoms with Gasteiger partial charge in [-0.2, -0.15) is 0 Å². The van der Waals surface area contributed by atoms with Gasteiger partial charge in [0.25, 0.3) is 6.47 Å². The average molecular weight is 448 g/mol. The van der Waals surface area contributed by atoms with Gasteiger partial charge in [0, 0.05) is 29.7 Å². The number of aromatic nitrogens is 2. The Morgan fingerprint density at radius 3 is 2.89 bits per heavy atom. The Hall–Kier alpha value is -2.42. The van der Waals surface area contributed by atoms with Crippen molar-refractivity contribution in [3.63, 3.8) is 0 Å². The zero-order valence-corrected chi connectivity index (χ0v) is 16.8. The third-order valence-electron chi connectivity index (χ3n) is 4.54. The molecule has 2 aromatic carbocycles. The highest BCUT2D eigenvalue weighted by Gasteiger charge is 2.21. The van der Waals surface area contributed by atoms with Crippen LogP contribution in [0.1, 0.15) is 17.5 Å². The largest absolute Gasteiger partial charge is 0.489 e. The highest BCUT2D eigenvalue weighted by atomic mass is 79.9. The minimum Gasteiger partial charge on any atom is -0.489 e. The Morgan fingerprint density at radius 1 is 1.32 bits per heavy atom. The van der Waals surface area contributed by atoms with Crippen LogP contribution in [0.15, 0.2) is 47.2 Å². The molecule has 1 saturated heterocycles. The number of halogens is 1. The number of likely N-dealkylation sites (tertiary alicyclic amines) is 1.